The summed E-state index contributed by atoms with van der Waals surface area (Å²) in [4.78, 5) is 43.5. The van der Waals surface area contributed by atoms with Crippen molar-refractivity contribution in [2.45, 2.75) is 23.1 Å². The summed E-state index contributed by atoms with van der Waals surface area (Å²) >= 11 is 2.48. The predicted octanol–water partition coefficient (Wildman–Crippen LogP) is -0.329. The van der Waals surface area contributed by atoms with Crippen LogP contribution in [0.15, 0.2) is 44.4 Å². The van der Waals surface area contributed by atoms with Gasteiger partial charge in [-0.1, -0.05) is 16.9 Å². The highest BCUT2D eigenvalue weighted by atomic mass is 32.2. The normalized spacial score (nSPS) is 19.8. The molecule has 0 bridgehead atoms. The number of nitrogens with zero attached hydrogens (tertiary/aromatic N) is 7. The van der Waals surface area contributed by atoms with Crippen LogP contribution in [-0.2, 0) is 25.8 Å². The molecular weight excluding hydrogens is 488 g/mol. The molecule has 2 aliphatic rings. The number of β-lactam (4-membered cyclic amide) rings is 1. The summed E-state index contributed by atoms with van der Waals surface area (Å²) in [5.74, 6) is -1.84. The zero-order valence-corrected chi connectivity index (χ0v) is 19.1. The SMILES string of the molecule is CON=C(C(=O)NC1C(=O)N2C(C(=O)O)=C(CSc3nnnn3CC#N)CS[C@@H]12)c1ccco1. The third kappa shape index (κ3) is 4.34. The zero-order valence-electron chi connectivity index (χ0n) is 17.4. The van der Waals surface area contributed by atoms with Crippen molar-refractivity contribution in [2.75, 3.05) is 18.6 Å². The van der Waals surface area contributed by atoms with Crippen LogP contribution in [0.25, 0.3) is 0 Å². The Morgan fingerprint density at radius 2 is 2.35 bits per heavy atom. The van der Waals surface area contributed by atoms with Crippen molar-refractivity contribution >= 4 is 47.0 Å². The highest BCUT2D eigenvalue weighted by Gasteiger charge is 2.54. The van der Waals surface area contributed by atoms with E-state index in [0.717, 1.165) is 16.7 Å². The van der Waals surface area contributed by atoms with Crippen LogP contribution >= 0.6 is 23.5 Å². The van der Waals surface area contributed by atoms with E-state index < -0.39 is 29.2 Å². The Morgan fingerprint density at radius 1 is 1.53 bits per heavy atom. The largest absolute Gasteiger partial charge is 0.477 e. The van der Waals surface area contributed by atoms with Gasteiger partial charge < -0.3 is 19.7 Å². The van der Waals surface area contributed by atoms with Crippen molar-refractivity contribution in [3.05, 3.63) is 35.4 Å². The molecule has 1 unspecified atom stereocenters. The summed E-state index contributed by atoms with van der Waals surface area (Å²) in [6.07, 6.45) is 1.36. The van der Waals surface area contributed by atoms with Gasteiger partial charge in [0.15, 0.2) is 5.76 Å². The van der Waals surface area contributed by atoms with Gasteiger partial charge in [-0.25, -0.2) is 9.48 Å². The van der Waals surface area contributed by atoms with Crippen LogP contribution < -0.4 is 5.32 Å². The molecule has 14 nitrogen and oxygen atoms in total. The van der Waals surface area contributed by atoms with Gasteiger partial charge in [0.25, 0.3) is 11.8 Å². The molecule has 34 heavy (non-hydrogen) atoms. The molecule has 0 aliphatic carbocycles. The number of hydrogen-bond acceptors (Lipinski definition) is 12. The number of carboxylic acids is 1. The maximum atomic E-state index is 12.9. The molecule has 2 amide bonds. The molecule has 0 radical (unpaired) electrons. The monoisotopic (exact) mass is 504 g/mol. The Kier molecular flexibility index (Phi) is 6.84. The van der Waals surface area contributed by atoms with Gasteiger partial charge in [0.05, 0.1) is 12.3 Å². The van der Waals surface area contributed by atoms with E-state index in [1.807, 2.05) is 6.07 Å². The molecule has 4 heterocycles. The van der Waals surface area contributed by atoms with Crippen molar-refractivity contribution in [3.8, 4) is 6.07 Å². The Morgan fingerprint density at radius 3 is 3.03 bits per heavy atom. The van der Waals surface area contributed by atoms with Gasteiger partial charge in [0, 0.05) is 11.5 Å². The fourth-order valence-corrected chi connectivity index (χ4v) is 5.69. The lowest BCUT2D eigenvalue weighted by Gasteiger charge is -2.49. The summed E-state index contributed by atoms with van der Waals surface area (Å²) in [6.45, 7) is -0.0463. The maximum absolute atomic E-state index is 12.9. The number of nitrogens with one attached hydrogen (secondary N) is 1. The molecule has 2 N–H and O–H groups in total. The minimum Gasteiger partial charge on any atom is -0.477 e. The van der Waals surface area contributed by atoms with Crippen molar-refractivity contribution in [3.63, 3.8) is 0 Å². The van der Waals surface area contributed by atoms with Crippen LogP contribution in [0, 0.1) is 11.3 Å². The van der Waals surface area contributed by atoms with Gasteiger partial charge in [0.1, 0.15) is 30.8 Å². The van der Waals surface area contributed by atoms with Gasteiger partial charge in [-0.2, -0.15) is 5.26 Å². The molecule has 1 saturated heterocycles. The molecule has 0 saturated carbocycles. The topological polar surface area (TPSA) is 189 Å². The lowest BCUT2D eigenvalue weighted by Crippen LogP contribution is -2.71. The second-order valence-corrected chi connectivity index (χ2v) is 8.83. The first-order valence-electron chi connectivity index (χ1n) is 9.58. The molecule has 16 heteroatoms. The van der Waals surface area contributed by atoms with Gasteiger partial charge in [-0.15, -0.1) is 16.9 Å². The van der Waals surface area contributed by atoms with Gasteiger partial charge >= 0.3 is 5.97 Å². The van der Waals surface area contributed by atoms with Crippen molar-refractivity contribution in [2.24, 2.45) is 5.16 Å². The van der Waals surface area contributed by atoms with E-state index in [0.29, 0.717) is 16.5 Å². The van der Waals surface area contributed by atoms with E-state index in [4.69, 9.17) is 14.5 Å². The van der Waals surface area contributed by atoms with Crippen molar-refractivity contribution in [1.29, 1.82) is 5.26 Å². The Balaban J connectivity index is 1.48. The van der Waals surface area contributed by atoms with Crippen LogP contribution in [-0.4, -0.2) is 83.7 Å². The first-order valence-corrected chi connectivity index (χ1v) is 11.6. The number of aliphatic carboxylic acids is 1. The molecule has 2 aliphatic heterocycles. The number of thioether (sulfide) groups is 2. The first-order chi connectivity index (χ1) is 16.5. The second kappa shape index (κ2) is 9.97. The number of oxime groups is 1. The lowest BCUT2D eigenvalue weighted by atomic mass is 10.0. The first kappa shape index (κ1) is 23.3. The maximum Gasteiger partial charge on any atom is 0.352 e. The number of carbonyl (C=O) groups is 3. The summed E-state index contributed by atoms with van der Waals surface area (Å²) in [7, 11) is 1.27. The van der Waals surface area contributed by atoms with Crippen LogP contribution in [0.2, 0.25) is 0 Å². The van der Waals surface area contributed by atoms with Crippen molar-refractivity contribution < 1.29 is 28.7 Å². The van der Waals surface area contributed by atoms with Gasteiger partial charge in [-0.05, 0) is 28.1 Å². The minimum atomic E-state index is -1.26. The number of carboxylic acid groups (broad SMARTS) is 1. The van der Waals surface area contributed by atoms with E-state index in [1.54, 1.807) is 6.07 Å². The van der Waals surface area contributed by atoms with Crippen molar-refractivity contribution in [1.82, 2.24) is 30.4 Å². The molecule has 1 fully saturated rings. The summed E-state index contributed by atoms with van der Waals surface area (Å²) < 4.78 is 6.48. The minimum absolute atomic E-state index is 0.0463. The quantitative estimate of drug-likeness (QED) is 0.196. The predicted molar refractivity (Wildman–Crippen MR) is 116 cm³/mol. The highest BCUT2D eigenvalue weighted by molar-refractivity contribution is 8.01. The third-order valence-corrected chi connectivity index (χ3v) is 7.17. The van der Waals surface area contributed by atoms with E-state index in [1.165, 1.54) is 35.9 Å². The number of aromatic nitrogens is 4. The average Bonchev–Trinajstić information content (AvgIpc) is 3.51. The molecule has 2 aromatic heterocycles. The zero-order chi connectivity index (χ0) is 24.2. The number of nitriles is 1. The number of furan rings is 1. The Hall–Kier alpha value is -3.84. The van der Waals surface area contributed by atoms with Gasteiger partial charge in [0.2, 0.25) is 10.9 Å². The number of carbonyl (C=O) groups excluding carboxylic acids is 2. The van der Waals surface area contributed by atoms with Crippen LogP contribution in [0.1, 0.15) is 5.76 Å². The van der Waals surface area contributed by atoms with E-state index >= 15 is 0 Å². The number of tetrazole rings is 1. The molecule has 176 valence electrons. The molecular formula is C18H16N8O6S2. The third-order valence-electron chi connectivity index (χ3n) is 4.78. The smallest absolute Gasteiger partial charge is 0.352 e. The summed E-state index contributed by atoms with van der Waals surface area (Å²) in [5, 5.41) is 35.7. The number of rotatable bonds is 9. The second-order valence-electron chi connectivity index (χ2n) is 6.78. The molecule has 2 atom stereocenters. The lowest BCUT2D eigenvalue weighted by molar-refractivity contribution is -0.150. The molecule has 0 spiro atoms. The number of hydrogen-bond donors (Lipinski definition) is 2. The fraction of sp³-hybridized carbons (Fsp3) is 0.333. The van der Waals surface area contributed by atoms with E-state index in [-0.39, 0.29) is 29.5 Å². The Labute approximate surface area is 199 Å². The van der Waals surface area contributed by atoms with E-state index in [2.05, 4.69) is 26.0 Å². The number of amides is 2. The van der Waals surface area contributed by atoms with Crippen LogP contribution in [0.4, 0.5) is 0 Å². The molecule has 4 rings (SSSR count). The van der Waals surface area contributed by atoms with Gasteiger partial charge in [-0.3, -0.25) is 14.5 Å². The number of fused-ring (bicyclic) bond motifs is 1. The van der Waals surface area contributed by atoms with E-state index in [9.17, 15) is 19.5 Å². The average molecular weight is 505 g/mol. The summed E-state index contributed by atoms with van der Waals surface area (Å²) in [6, 6.07) is 4.08. The highest BCUT2D eigenvalue weighted by Crippen LogP contribution is 2.41. The standard InChI is InChI=1S/C18H16N8O6S2/c1-31-22-11(10-3-2-6-32-10)14(27)20-12-15(28)26-13(17(29)30)9(7-33-16(12)26)8-34-18-21-23-24-25(18)5-4-19/h2-3,6,12,16H,5,7-8H2,1H3,(H,20,27)(H,29,30)/t12?,16-/m0/s1. The molecule has 2 aromatic rings. The fourth-order valence-electron chi connectivity index (χ4n) is 3.32. The van der Waals surface area contributed by atoms with Crippen LogP contribution in [0.3, 0.4) is 0 Å². The summed E-state index contributed by atoms with van der Waals surface area (Å²) in [5.41, 5.74) is 0.212. The molecule has 0 aromatic carbocycles. The van der Waals surface area contributed by atoms with Crippen LogP contribution in [0.5, 0.6) is 0 Å². The Bertz CT molecular complexity index is 1220.